The van der Waals surface area contributed by atoms with Gasteiger partial charge in [0.25, 0.3) is 0 Å². The summed E-state index contributed by atoms with van der Waals surface area (Å²) in [6, 6.07) is 14.1. The maximum absolute atomic E-state index is 12.9. The Bertz CT molecular complexity index is 823. The van der Waals surface area contributed by atoms with Gasteiger partial charge in [0, 0.05) is 17.3 Å². The predicted molar refractivity (Wildman–Crippen MR) is 95.4 cm³/mol. The molecule has 0 spiro atoms. The van der Waals surface area contributed by atoms with E-state index in [2.05, 4.69) is 38.3 Å². The van der Waals surface area contributed by atoms with E-state index in [1.165, 1.54) is 17.7 Å². The molecule has 1 heterocycles. The molecule has 0 fully saturated rings. The van der Waals surface area contributed by atoms with Gasteiger partial charge in [0.05, 0.1) is 0 Å². The van der Waals surface area contributed by atoms with Gasteiger partial charge in [0.15, 0.2) is 11.0 Å². The van der Waals surface area contributed by atoms with Gasteiger partial charge in [-0.2, -0.15) is 0 Å². The van der Waals surface area contributed by atoms with E-state index in [9.17, 15) is 4.39 Å². The maximum atomic E-state index is 12.9. The lowest BCUT2D eigenvalue weighted by atomic mass is 10.2. The molecule has 24 heavy (non-hydrogen) atoms. The number of nitrogens with zero attached hydrogens (tertiary/aromatic N) is 3. The second-order valence-corrected chi connectivity index (χ2v) is 6.98. The third kappa shape index (κ3) is 4.36. The number of hydrogen-bond acceptors (Lipinski definition) is 4. The summed E-state index contributed by atoms with van der Waals surface area (Å²) in [5, 5.41) is 9.19. The van der Waals surface area contributed by atoms with E-state index in [4.69, 9.17) is 4.74 Å². The van der Waals surface area contributed by atoms with Crippen LogP contribution >= 0.6 is 27.7 Å². The normalized spacial score (nSPS) is 10.8. The van der Waals surface area contributed by atoms with Crippen molar-refractivity contribution < 1.29 is 9.13 Å². The van der Waals surface area contributed by atoms with Crippen LogP contribution in [-0.2, 0) is 19.4 Å². The molecule has 0 saturated carbocycles. The Morgan fingerprint density at radius 3 is 2.71 bits per heavy atom. The van der Waals surface area contributed by atoms with Gasteiger partial charge in [-0.3, -0.25) is 0 Å². The average molecular weight is 408 g/mol. The third-order valence-corrected chi connectivity index (χ3v) is 4.95. The van der Waals surface area contributed by atoms with Crippen LogP contribution in [0.5, 0.6) is 5.75 Å². The summed E-state index contributed by atoms with van der Waals surface area (Å²) in [7, 11) is 1.91. The van der Waals surface area contributed by atoms with Crippen molar-refractivity contribution in [2.24, 2.45) is 7.05 Å². The van der Waals surface area contributed by atoms with Gasteiger partial charge < -0.3 is 9.30 Å². The number of hydrogen-bond donors (Lipinski definition) is 0. The van der Waals surface area contributed by atoms with Crippen molar-refractivity contribution in [1.82, 2.24) is 14.8 Å². The molecule has 0 amide bonds. The van der Waals surface area contributed by atoms with Crippen LogP contribution in [-0.4, -0.2) is 14.8 Å². The molecule has 124 valence electrons. The first-order valence-electron chi connectivity index (χ1n) is 7.26. The van der Waals surface area contributed by atoms with Crippen molar-refractivity contribution in [2.45, 2.75) is 17.5 Å². The zero-order valence-corrected chi connectivity index (χ0v) is 15.3. The first kappa shape index (κ1) is 17.0. The summed E-state index contributed by atoms with van der Waals surface area (Å²) in [6.45, 7) is 0.284. The molecule has 0 bridgehead atoms. The van der Waals surface area contributed by atoms with Crippen molar-refractivity contribution >= 4 is 27.7 Å². The molecule has 0 radical (unpaired) electrons. The van der Waals surface area contributed by atoms with Gasteiger partial charge in [-0.05, 0) is 42.0 Å². The summed E-state index contributed by atoms with van der Waals surface area (Å²) in [4.78, 5) is 0. The van der Waals surface area contributed by atoms with Crippen LogP contribution in [0.3, 0.4) is 0 Å². The third-order valence-electron chi connectivity index (χ3n) is 3.36. The van der Waals surface area contributed by atoms with E-state index in [1.807, 2.05) is 23.7 Å². The number of ether oxygens (including phenoxy) is 1. The molecule has 0 atom stereocenters. The molecule has 0 N–H and O–H groups in total. The van der Waals surface area contributed by atoms with Crippen LogP contribution in [0.25, 0.3) is 0 Å². The summed E-state index contributed by atoms with van der Waals surface area (Å²) >= 11 is 5.09. The fourth-order valence-corrected chi connectivity index (χ4v) is 3.37. The van der Waals surface area contributed by atoms with Crippen molar-refractivity contribution in [3.8, 4) is 5.75 Å². The number of rotatable bonds is 6. The molecule has 0 saturated heterocycles. The van der Waals surface area contributed by atoms with Gasteiger partial charge in [0.1, 0.15) is 18.2 Å². The van der Waals surface area contributed by atoms with Crippen LogP contribution in [0.1, 0.15) is 11.4 Å². The summed E-state index contributed by atoms with van der Waals surface area (Å²) in [5.74, 6) is 1.84. The van der Waals surface area contributed by atoms with Crippen LogP contribution in [0.2, 0.25) is 0 Å². The molecule has 1 aromatic heterocycles. The standard InChI is InChI=1S/C17H15BrFN3OS/c1-22-16(10-23-15-7-5-14(19)6-8-15)20-21-17(22)24-11-12-3-2-4-13(18)9-12/h2-9H,10-11H2,1H3. The molecule has 2 aromatic carbocycles. The summed E-state index contributed by atoms with van der Waals surface area (Å²) < 4.78 is 21.5. The molecule has 0 aliphatic carbocycles. The van der Waals surface area contributed by atoms with Gasteiger partial charge in [-0.1, -0.05) is 39.8 Å². The van der Waals surface area contributed by atoms with Gasteiger partial charge in [-0.25, -0.2) is 4.39 Å². The number of aromatic nitrogens is 3. The van der Waals surface area contributed by atoms with Crippen molar-refractivity contribution in [1.29, 1.82) is 0 Å². The molecular formula is C17H15BrFN3OS. The van der Waals surface area contributed by atoms with E-state index < -0.39 is 0 Å². The lowest BCUT2D eigenvalue weighted by Gasteiger charge is -2.06. The molecular weight excluding hydrogens is 393 g/mol. The first-order valence-corrected chi connectivity index (χ1v) is 9.03. The molecule has 0 unspecified atom stereocenters. The quantitative estimate of drug-likeness (QED) is 0.560. The van der Waals surface area contributed by atoms with Gasteiger partial charge in [0.2, 0.25) is 0 Å². The first-order chi connectivity index (χ1) is 11.6. The SMILES string of the molecule is Cn1c(COc2ccc(F)cc2)nnc1SCc1cccc(Br)c1. The lowest BCUT2D eigenvalue weighted by Crippen LogP contribution is -2.04. The topological polar surface area (TPSA) is 39.9 Å². The molecule has 0 aliphatic heterocycles. The Balaban J connectivity index is 1.60. The lowest BCUT2D eigenvalue weighted by molar-refractivity contribution is 0.290. The van der Waals surface area contributed by atoms with Crippen molar-refractivity contribution in [2.75, 3.05) is 0 Å². The highest BCUT2D eigenvalue weighted by molar-refractivity contribution is 9.10. The minimum atomic E-state index is -0.285. The van der Waals surface area contributed by atoms with Crippen molar-refractivity contribution in [3.05, 3.63) is 70.2 Å². The Morgan fingerprint density at radius 2 is 1.96 bits per heavy atom. The minimum Gasteiger partial charge on any atom is -0.486 e. The van der Waals surface area contributed by atoms with Gasteiger partial charge in [-0.15, -0.1) is 10.2 Å². The zero-order chi connectivity index (χ0) is 16.9. The molecule has 3 rings (SSSR count). The van der Waals surface area contributed by atoms with E-state index in [-0.39, 0.29) is 12.4 Å². The highest BCUT2D eigenvalue weighted by Crippen LogP contribution is 2.23. The van der Waals surface area contributed by atoms with E-state index in [0.717, 1.165) is 21.2 Å². The zero-order valence-electron chi connectivity index (χ0n) is 12.9. The van der Waals surface area contributed by atoms with E-state index >= 15 is 0 Å². The fourth-order valence-electron chi connectivity index (χ4n) is 2.05. The Hall–Kier alpha value is -1.86. The van der Waals surface area contributed by atoms with E-state index in [0.29, 0.717) is 5.75 Å². The van der Waals surface area contributed by atoms with Gasteiger partial charge >= 0.3 is 0 Å². The smallest absolute Gasteiger partial charge is 0.191 e. The minimum absolute atomic E-state index is 0.284. The number of thioether (sulfide) groups is 1. The summed E-state index contributed by atoms with van der Waals surface area (Å²) in [5.41, 5.74) is 1.21. The Morgan fingerprint density at radius 1 is 1.17 bits per heavy atom. The van der Waals surface area contributed by atoms with Crippen LogP contribution < -0.4 is 4.74 Å². The van der Waals surface area contributed by atoms with Crippen molar-refractivity contribution in [3.63, 3.8) is 0 Å². The maximum Gasteiger partial charge on any atom is 0.191 e. The number of benzene rings is 2. The molecule has 4 nitrogen and oxygen atoms in total. The predicted octanol–water partition coefficient (Wildman–Crippen LogP) is 4.59. The van der Waals surface area contributed by atoms with E-state index in [1.54, 1.807) is 23.9 Å². The highest BCUT2D eigenvalue weighted by Gasteiger charge is 2.10. The molecule has 3 aromatic rings. The molecule has 0 aliphatic rings. The largest absolute Gasteiger partial charge is 0.486 e. The monoisotopic (exact) mass is 407 g/mol. The Labute approximate surface area is 152 Å². The second-order valence-electron chi connectivity index (χ2n) is 5.12. The second kappa shape index (κ2) is 7.81. The molecule has 7 heteroatoms. The van der Waals surface area contributed by atoms with Crippen LogP contribution in [0.15, 0.2) is 58.2 Å². The van der Waals surface area contributed by atoms with Crippen LogP contribution in [0, 0.1) is 5.82 Å². The Kier molecular flexibility index (Phi) is 5.52. The number of halogens is 2. The van der Waals surface area contributed by atoms with Crippen LogP contribution in [0.4, 0.5) is 4.39 Å². The average Bonchev–Trinajstić information content (AvgIpc) is 2.93. The fraction of sp³-hybridized carbons (Fsp3) is 0.176. The summed E-state index contributed by atoms with van der Waals surface area (Å²) in [6.07, 6.45) is 0. The highest BCUT2D eigenvalue weighted by atomic mass is 79.9.